The van der Waals surface area contributed by atoms with Crippen molar-refractivity contribution in [2.45, 2.75) is 12.5 Å². The molecule has 2 aliphatic heterocycles. The first-order valence-corrected chi connectivity index (χ1v) is 8.65. The van der Waals surface area contributed by atoms with Crippen LogP contribution in [0.25, 0.3) is 11.1 Å². The van der Waals surface area contributed by atoms with Crippen molar-refractivity contribution in [1.82, 2.24) is 10.3 Å². The Balaban J connectivity index is 1.54. The van der Waals surface area contributed by atoms with Gasteiger partial charge in [0.1, 0.15) is 11.5 Å². The molecule has 2 aliphatic rings. The van der Waals surface area contributed by atoms with Crippen molar-refractivity contribution in [2.24, 2.45) is 0 Å². The highest BCUT2D eigenvalue weighted by Gasteiger charge is 2.23. The summed E-state index contributed by atoms with van der Waals surface area (Å²) in [6, 6.07) is 16.4. The zero-order valence-corrected chi connectivity index (χ0v) is 14.0. The normalized spacial score (nSPS) is 17.5. The van der Waals surface area contributed by atoms with E-state index in [1.54, 1.807) is 12.4 Å². The van der Waals surface area contributed by atoms with Crippen LogP contribution in [0.3, 0.4) is 0 Å². The molecule has 128 valence electrons. The Kier molecular flexibility index (Phi) is 3.47. The summed E-state index contributed by atoms with van der Waals surface area (Å²) < 4.78 is 6.18. The summed E-state index contributed by atoms with van der Waals surface area (Å²) in [6.07, 6.45) is 3.94. The maximum atomic E-state index is 11.8. The number of nitrogens with zero attached hydrogens (tertiary/aromatic N) is 1. The molecule has 0 aliphatic carbocycles. The van der Waals surface area contributed by atoms with Crippen LogP contribution in [0.5, 0.6) is 11.5 Å². The van der Waals surface area contributed by atoms with Gasteiger partial charge in [0, 0.05) is 47.9 Å². The third-order valence-corrected chi connectivity index (χ3v) is 4.72. The third-order valence-electron chi connectivity index (χ3n) is 4.72. The average Bonchev–Trinajstić information content (AvgIpc) is 3.44. The predicted octanol–water partition coefficient (Wildman–Crippen LogP) is 3.68. The van der Waals surface area contributed by atoms with E-state index in [1.807, 2.05) is 36.4 Å². The van der Waals surface area contributed by atoms with E-state index in [0.717, 1.165) is 34.7 Å². The van der Waals surface area contributed by atoms with Crippen LogP contribution in [0.15, 0.2) is 60.9 Å². The zero-order chi connectivity index (χ0) is 17.5. The molecule has 26 heavy (non-hydrogen) atoms. The van der Waals surface area contributed by atoms with E-state index >= 15 is 0 Å². The molecule has 2 aromatic carbocycles. The molecular formula is C21H17N3O2. The lowest BCUT2D eigenvalue weighted by molar-refractivity contribution is -0.115. The van der Waals surface area contributed by atoms with Crippen molar-refractivity contribution in [3.63, 3.8) is 0 Å². The summed E-state index contributed by atoms with van der Waals surface area (Å²) in [5.74, 6) is 1.48. The first-order chi connectivity index (χ1) is 12.8. The van der Waals surface area contributed by atoms with E-state index in [9.17, 15) is 4.79 Å². The van der Waals surface area contributed by atoms with Gasteiger partial charge in [0.15, 0.2) is 0 Å². The number of carbonyl (C=O) groups excluding carboxylic acids is 1. The Morgan fingerprint density at radius 2 is 1.96 bits per heavy atom. The molecule has 1 amide bonds. The van der Waals surface area contributed by atoms with Crippen LogP contribution < -0.4 is 15.4 Å². The quantitative estimate of drug-likeness (QED) is 0.709. The second kappa shape index (κ2) is 5.97. The number of fused-ring (bicyclic) bond motifs is 1. The molecule has 0 bridgehead atoms. The Labute approximate surface area is 151 Å². The van der Waals surface area contributed by atoms with Gasteiger partial charge >= 0.3 is 0 Å². The number of amides is 1. The number of hydrogen-bond donors (Lipinski definition) is 2. The van der Waals surface area contributed by atoms with Gasteiger partial charge in [-0.05, 0) is 35.4 Å². The largest absolute Gasteiger partial charge is 0.457 e. The van der Waals surface area contributed by atoms with Gasteiger partial charge in [0.05, 0.1) is 6.42 Å². The Morgan fingerprint density at radius 3 is 2.69 bits per heavy atom. The summed E-state index contributed by atoms with van der Waals surface area (Å²) in [4.78, 5) is 16.0. The number of carbonyl (C=O) groups is 1. The van der Waals surface area contributed by atoms with E-state index in [2.05, 4.69) is 27.8 Å². The third kappa shape index (κ3) is 2.82. The van der Waals surface area contributed by atoms with Crippen molar-refractivity contribution < 1.29 is 9.53 Å². The molecule has 5 nitrogen and oxygen atoms in total. The number of anilines is 1. The smallest absolute Gasteiger partial charge is 0.228 e. The molecular weight excluding hydrogens is 326 g/mol. The SMILES string of the molecule is O=C1Cc2cc(-c3cccnc3)c(Oc3ccc(C4CN4)cc3)cc2N1. The lowest BCUT2D eigenvalue weighted by Gasteiger charge is -2.14. The highest BCUT2D eigenvalue weighted by Crippen LogP contribution is 2.39. The van der Waals surface area contributed by atoms with Gasteiger partial charge in [-0.15, -0.1) is 0 Å². The molecule has 1 aromatic heterocycles. The van der Waals surface area contributed by atoms with Crippen LogP contribution >= 0.6 is 0 Å². The molecule has 2 N–H and O–H groups in total. The zero-order valence-electron chi connectivity index (χ0n) is 14.0. The average molecular weight is 343 g/mol. The van der Waals surface area contributed by atoms with Gasteiger partial charge in [-0.3, -0.25) is 9.78 Å². The van der Waals surface area contributed by atoms with Crippen LogP contribution in [0, 0.1) is 0 Å². The van der Waals surface area contributed by atoms with E-state index in [1.165, 1.54) is 5.56 Å². The molecule has 1 atom stereocenters. The van der Waals surface area contributed by atoms with Gasteiger partial charge in [0.2, 0.25) is 5.91 Å². The van der Waals surface area contributed by atoms with Gasteiger partial charge in [-0.1, -0.05) is 18.2 Å². The minimum atomic E-state index is 0.00979. The highest BCUT2D eigenvalue weighted by molar-refractivity contribution is 6.00. The molecule has 0 spiro atoms. The first-order valence-electron chi connectivity index (χ1n) is 8.65. The number of benzene rings is 2. The standard InChI is InChI=1S/C21H17N3O2/c25-21-9-15-8-17(14-2-1-7-22-11-14)20(10-18(15)24-21)26-16-5-3-13(4-6-16)19-12-23-19/h1-8,10-11,19,23H,9,12H2,(H,24,25). The molecule has 0 saturated carbocycles. The van der Waals surface area contributed by atoms with Crippen molar-refractivity contribution in [2.75, 3.05) is 11.9 Å². The topological polar surface area (TPSA) is 73.2 Å². The second-order valence-corrected chi connectivity index (χ2v) is 6.60. The van der Waals surface area contributed by atoms with Crippen LogP contribution in [0.2, 0.25) is 0 Å². The number of ether oxygens (including phenoxy) is 1. The summed E-state index contributed by atoms with van der Waals surface area (Å²) in [7, 11) is 0. The van der Waals surface area contributed by atoms with Gasteiger partial charge in [-0.2, -0.15) is 0 Å². The van der Waals surface area contributed by atoms with Gasteiger partial charge < -0.3 is 15.4 Å². The fraction of sp³-hybridized carbons (Fsp3) is 0.143. The van der Waals surface area contributed by atoms with Crippen LogP contribution in [0.4, 0.5) is 5.69 Å². The number of rotatable bonds is 4. The van der Waals surface area contributed by atoms with Gasteiger partial charge in [-0.25, -0.2) is 0 Å². The van der Waals surface area contributed by atoms with Crippen molar-refractivity contribution >= 4 is 11.6 Å². The Bertz CT molecular complexity index is 980. The highest BCUT2D eigenvalue weighted by atomic mass is 16.5. The summed E-state index contributed by atoms with van der Waals surface area (Å²) >= 11 is 0. The monoisotopic (exact) mass is 343 g/mol. The lowest BCUT2D eigenvalue weighted by atomic mass is 10.0. The van der Waals surface area contributed by atoms with E-state index in [4.69, 9.17) is 4.74 Å². The number of pyridine rings is 1. The minimum absolute atomic E-state index is 0.00979. The summed E-state index contributed by atoms with van der Waals surface area (Å²) in [6.45, 7) is 1.04. The van der Waals surface area contributed by atoms with E-state index < -0.39 is 0 Å². The van der Waals surface area contributed by atoms with Crippen molar-refractivity contribution in [1.29, 1.82) is 0 Å². The molecule has 0 radical (unpaired) electrons. The Morgan fingerprint density at radius 1 is 1.12 bits per heavy atom. The number of nitrogens with one attached hydrogen (secondary N) is 2. The molecule has 3 aromatic rings. The lowest BCUT2D eigenvalue weighted by Crippen LogP contribution is -2.03. The van der Waals surface area contributed by atoms with Crippen LogP contribution in [-0.2, 0) is 11.2 Å². The second-order valence-electron chi connectivity index (χ2n) is 6.60. The molecule has 1 saturated heterocycles. The fourth-order valence-corrected chi connectivity index (χ4v) is 3.28. The first kappa shape index (κ1) is 15.1. The maximum Gasteiger partial charge on any atom is 0.228 e. The van der Waals surface area contributed by atoms with Crippen LogP contribution in [0.1, 0.15) is 17.2 Å². The van der Waals surface area contributed by atoms with Crippen LogP contribution in [-0.4, -0.2) is 17.4 Å². The minimum Gasteiger partial charge on any atom is -0.457 e. The van der Waals surface area contributed by atoms with E-state index in [0.29, 0.717) is 18.2 Å². The summed E-state index contributed by atoms with van der Waals surface area (Å²) in [5, 5.41) is 6.19. The Hall–Kier alpha value is -3.18. The molecule has 5 heteroatoms. The predicted molar refractivity (Wildman–Crippen MR) is 99.3 cm³/mol. The molecule has 1 fully saturated rings. The van der Waals surface area contributed by atoms with Crippen molar-refractivity contribution in [3.8, 4) is 22.6 Å². The number of hydrogen-bond acceptors (Lipinski definition) is 4. The van der Waals surface area contributed by atoms with Crippen molar-refractivity contribution in [3.05, 3.63) is 72.1 Å². The molecule has 3 heterocycles. The summed E-state index contributed by atoms with van der Waals surface area (Å²) in [5.41, 5.74) is 4.96. The van der Waals surface area contributed by atoms with Gasteiger partial charge in [0.25, 0.3) is 0 Å². The fourth-order valence-electron chi connectivity index (χ4n) is 3.28. The molecule has 1 unspecified atom stereocenters. The van der Waals surface area contributed by atoms with E-state index in [-0.39, 0.29) is 5.91 Å². The molecule has 5 rings (SSSR count). The maximum absolute atomic E-state index is 11.8. The number of aromatic nitrogens is 1.